The first-order chi connectivity index (χ1) is 15.2. The zero-order chi connectivity index (χ0) is 21.6. The van der Waals surface area contributed by atoms with Crippen molar-refractivity contribution in [3.8, 4) is 0 Å². The van der Waals surface area contributed by atoms with Crippen molar-refractivity contribution in [2.45, 2.75) is 77.0 Å². The van der Waals surface area contributed by atoms with Crippen LogP contribution in [0.5, 0.6) is 0 Å². The number of hydrogen-bond acceptors (Lipinski definition) is 2. The summed E-state index contributed by atoms with van der Waals surface area (Å²) in [4.78, 5) is 14.7. The molecule has 4 nitrogen and oxygen atoms in total. The maximum Gasteiger partial charge on any atom is 0.371 e. The normalized spacial score (nSPS) is 17.6. The summed E-state index contributed by atoms with van der Waals surface area (Å²) in [5, 5.41) is 11.6. The standard InChI is InChI=1S/C27H33NO3/c1-2-3-4-5-6-7-10-19-13-14-20(15-16-21-17-18-24(31-21)27(29)30)26-25(19)22-11-8-9-12-23(22)28-26/h12-19,28H,2-11H2,1H3,(H,29,30). The average molecular weight is 420 g/mol. The SMILES string of the molecule is CCCCCCCCC1C=CC(C=Cc2ccc(C(=O)O)o2)=c2[nH]c3c(c21)CCCC=3. The van der Waals surface area contributed by atoms with Crippen molar-refractivity contribution in [1.29, 1.82) is 0 Å². The van der Waals surface area contributed by atoms with Crippen molar-refractivity contribution >= 4 is 23.7 Å². The molecular formula is C27H33NO3. The Morgan fingerprint density at radius 1 is 1.19 bits per heavy atom. The number of nitrogens with one attached hydrogen (secondary N) is 1. The maximum atomic E-state index is 11.0. The summed E-state index contributed by atoms with van der Waals surface area (Å²) >= 11 is 0. The lowest BCUT2D eigenvalue weighted by molar-refractivity contribution is 0.0662. The van der Waals surface area contributed by atoms with Gasteiger partial charge in [0.15, 0.2) is 0 Å². The summed E-state index contributed by atoms with van der Waals surface area (Å²) in [5.41, 5.74) is 4.11. The third kappa shape index (κ3) is 4.95. The molecule has 2 aliphatic carbocycles. The first kappa shape index (κ1) is 21.5. The van der Waals surface area contributed by atoms with Crippen molar-refractivity contribution in [3.63, 3.8) is 0 Å². The number of aromatic amines is 1. The van der Waals surface area contributed by atoms with Crippen molar-refractivity contribution in [2.75, 3.05) is 0 Å². The molecule has 164 valence electrons. The second-order valence-corrected chi connectivity index (χ2v) is 8.72. The second kappa shape index (κ2) is 10.0. The molecule has 2 heterocycles. The Hall–Kier alpha value is -2.75. The molecule has 0 bridgehead atoms. The number of hydrogen-bond donors (Lipinski definition) is 2. The van der Waals surface area contributed by atoms with Gasteiger partial charge in [-0.2, -0.15) is 0 Å². The van der Waals surface area contributed by atoms with E-state index in [-0.39, 0.29) is 5.76 Å². The fraction of sp³-hybridized carbons (Fsp3) is 0.444. The minimum Gasteiger partial charge on any atom is -0.475 e. The van der Waals surface area contributed by atoms with Gasteiger partial charge in [0.05, 0.1) is 0 Å². The Bertz CT molecular complexity index is 1100. The van der Waals surface area contributed by atoms with Gasteiger partial charge in [-0.05, 0) is 66.7 Å². The highest BCUT2D eigenvalue weighted by atomic mass is 16.4. The molecule has 2 aromatic rings. The van der Waals surface area contributed by atoms with Crippen LogP contribution in [0.15, 0.2) is 34.8 Å². The van der Waals surface area contributed by atoms with Crippen LogP contribution in [0.1, 0.15) is 98.1 Å². The molecule has 1 atom stereocenters. The molecule has 0 saturated carbocycles. The number of carbonyl (C=O) groups is 1. The van der Waals surface area contributed by atoms with Crippen LogP contribution in [0.2, 0.25) is 0 Å². The quantitative estimate of drug-likeness (QED) is 0.486. The Balaban J connectivity index is 1.58. The number of carboxylic acid groups (broad SMARTS) is 1. The average Bonchev–Trinajstić information content (AvgIpc) is 3.40. The smallest absolute Gasteiger partial charge is 0.371 e. The van der Waals surface area contributed by atoms with Gasteiger partial charge in [-0.25, -0.2) is 4.79 Å². The number of allylic oxidation sites excluding steroid dienone is 3. The van der Waals surface area contributed by atoms with Crippen molar-refractivity contribution in [1.82, 2.24) is 4.98 Å². The van der Waals surface area contributed by atoms with Crippen molar-refractivity contribution < 1.29 is 14.3 Å². The number of furan rings is 1. The van der Waals surface area contributed by atoms with E-state index in [9.17, 15) is 4.79 Å². The number of rotatable bonds is 10. The lowest BCUT2D eigenvalue weighted by atomic mass is 9.84. The summed E-state index contributed by atoms with van der Waals surface area (Å²) in [6.07, 6.45) is 23.5. The van der Waals surface area contributed by atoms with E-state index in [1.165, 1.54) is 79.3 Å². The van der Waals surface area contributed by atoms with Gasteiger partial charge in [-0.15, -0.1) is 0 Å². The van der Waals surface area contributed by atoms with E-state index in [1.54, 1.807) is 6.07 Å². The second-order valence-electron chi connectivity index (χ2n) is 8.72. The van der Waals surface area contributed by atoms with E-state index in [0.29, 0.717) is 11.7 Å². The largest absolute Gasteiger partial charge is 0.475 e. The molecule has 4 rings (SSSR count). The number of fused-ring (bicyclic) bond motifs is 3. The van der Waals surface area contributed by atoms with Crippen LogP contribution in [0.25, 0.3) is 17.7 Å². The van der Waals surface area contributed by atoms with E-state index in [0.717, 1.165) is 18.4 Å². The molecule has 1 unspecified atom stereocenters. The number of unbranched alkanes of at least 4 members (excludes halogenated alkanes) is 5. The third-order valence-corrected chi connectivity index (χ3v) is 6.46. The van der Waals surface area contributed by atoms with Crippen LogP contribution in [0, 0.1) is 0 Å². The molecule has 0 amide bonds. The topological polar surface area (TPSA) is 66.2 Å². The first-order valence-corrected chi connectivity index (χ1v) is 11.8. The molecule has 2 aliphatic rings. The predicted octanol–water partition coefficient (Wildman–Crippen LogP) is 5.69. The highest BCUT2D eigenvalue weighted by molar-refractivity contribution is 5.85. The van der Waals surface area contributed by atoms with Crippen molar-refractivity contribution in [2.24, 2.45) is 0 Å². The molecule has 2 N–H and O–H groups in total. The summed E-state index contributed by atoms with van der Waals surface area (Å²) in [6, 6.07) is 3.19. The molecule has 31 heavy (non-hydrogen) atoms. The van der Waals surface area contributed by atoms with Gasteiger partial charge in [0.25, 0.3) is 0 Å². The minimum atomic E-state index is -1.04. The van der Waals surface area contributed by atoms with Gasteiger partial charge in [-0.3, -0.25) is 0 Å². The lowest BCUT2D eigenvalue weighted by Gasteiger charge is -2.19. The van der Waals surface area contributed by atoms with Crippen LogP contribution in [-0.2, 0) is 6.42 Å². The van der Waals surface area contributed by atoms with Gasteiger partial charge in [0.2, 0.25) is 5.76 Å². The van der Waals surface area contributed by atoms with Gasteiger partial charge in [-0.1, -0.05) is 63.7 Å². The summed E-state index contributed by atoms with van der Waals surface area (Å²) in [5.74, 6) is -0.0466. The van der Waals surface area contributed by atoms with Crippen LogP contribution < -0.4 is 10.7 Å². The first-order valence-electron chi connectivity index (χ1n) is 11.8. The van der Waals surface area contributed by atoms with E-state index in [4.69, 9.17) is 9.52 Å². The molecule has 0 fully saturated rings. The fourth-order valence-corrected chi connectivity index (χ4v) is 4.83. The Kier molecular flexibility index (Phi) is 6.96. The highest BCUT2D eigenvalue weighted by Gasteiger charge is 2.22. The summed E-state index contributed by atoms with van der Waals surface area (Å²) < 4.78 is 5.38. The molecule has 0 aliphatic heterocycles. The number of aromatic carboxylic acids is 1. The number of H-pyrrole nitrogens is 1. The number of aromatic nitrogens is 1. The molecular weight excluding hydrogens is 386 g/mol. The maximum absolute atomic E-state index is 11.0. The molecule has 0 saturated heterocycles. The van der Waals surface area contributed by atoms with Crippen LogP contribution in [-0.4, -0.2) is 16.1 Å². The zero-order valence-electron chi connectivity index (χ0n) is 18.5. The molecule has 0 aromatic carbocycles. The van der Waals surface area contributed by atoms with Crippen LogP contribution in [0.4, 0.5) is 0 Å². The van der Waals surface area contributed by atoms with Gasteiger partial charge in [0, 0.05) is 16.6 Å². The Labute approximate surface area is 184 Å². The zero-order valence-corrected chi connectivity index (χ0v) is 18.5. The van der Waals surface area contributed by atoms with E-state index < -0.39 is 5.97 Å². The Morgan fingerprint density at radius 2 is 2.03 bits per heavy atom. The van der Waals surface area contributed by atoms with Gasteiger partial charge < -0.3 is 14.5 Å². The highest BCUT2D eigenvalue weighted by Crippen LogP contribution is 2.29. The summed E-state index contributed by atoms with van der Waals surface area (Å²) in [6.45, 7) is 2.26. The van der Waals surface area contributed by atoms with Gasteiger partial charge >= 0.3 is 5.97 Å². The van der Waals surface area contributed by atoms with Crippen LogP contribution in [0.3, 0.4) is 0 Å². The minimum absolute atomic E-state index is 0.0338. The van der Waals surface area contributed by atoms with E-state index in [2.05, 4.69) is 30.1 Å². The monoisotopic (exact) mass is 419 g/mol. The molecule has 0 spiro atoms. The molecule has 2 aromatic heterocycles. The molecule has 4 heteroatoms. The Morgan fingerprint density at radius 3 is 2.84 bits per heavy atom. The van der Waals surface area contributed by atoms with Gasteiger partial charge in [0.1, 0.15) is 5.76 Å². The third-order valence-electron chi connectivity index (χ3n) is 6.46. The summed E-state index contributed by atoms with van der Waals surface area (Å²) in [7, 11) is 0. The lowest BCUT2D eigenvalue weighted by Crippen LogP contribution is -2.19. The fourth-order valence-electron chi connectivity index (χ4n) is 4.83. The predicted molar refractivity (Wildman–Crippen MR) is 125 cm³/mol. The van der Waals surface area contributed by atoms with E-state index in [1.807, 2.05) is 12.2 Å². The van der Waals surface area contributed by atoms with Crippen LogP contribution >= 0.6 is 0 Å². The van der Waals surface area contributed by atoms with Crippen molar-refractivity contribution in [3.05, 3.63) is 63.7 Å². The number of carboxylic acids is 1. The molecule has 0 radical (unpaired) electrons. The van der Waals surface area contributed by atoms with E-state index >= 15 is 0 Å².